The number of carbonyl (C=O) groups is 1. The summed E-state index contributed by atoms with van der Waals surface area (Å²) in [6, 6.07) is 15.8. The zero-order valence-electron chi connectivity index (χ0n) is 22.6. The van der Waals surface area contributed by atoms with Gasteiger partial charge in [-0.05, 0) is 30.8 Å². The van der Waals surface area contributed by atoms with Gasteiger partial charge in [-0.25, -0.2) is 4.98 Å². The fourth-order valence-corrected chi connectivity index (χ4v) is 5.39. The molecule has 0 radical (unpaired) electrons. The number of anilines is 2. The average Bonchev–Trinajstić information content (AvgIpc) is 3.62. The Balaban J connectivity index is 1.18. The summed E-state index contributed by atoms with van der Waals surface area (Å²) in [7, 11) is 2.16. The normalized spacial score (nSPS) is 14.1. The molecule has 10 heteroatoms. The third-order valence-electron chi connectivity index (χ3n) is 7.61. The van der Waals surface area contributed by atoms with E-state index in [2.05, 4.69) is 64.4 Å². The van der Waals surface area contributed by atoms with Gasteiger partial charge in [0.1, 0.15) is 0 Å². The van der Waals surface area contributed by atoms with Gasteiger partial charge in [0.2, 0.25) is 5.91 Å². The van der Waals surface area contributed by atoms with Crippen LogP contribution in [0.2, 0.25) is 0 Å². The maximum atomic E-state index is 12.6. The molecule has 1 fully saturated rings. The van der Waals surface area contributed by atoms with Gasteiger partial charge in [0.15, 0.2) is 5.65 Å². The SMILES string of the molecule is CN1CCN(c2cncc3[nH]c(-c4[nH]nc5ncc(-c6cncc(NC(=O)Cc7ccccc7)c6)cc45)cc23)CC1. The number of nitrogens with zero attached hydrogens (tertiary/aromatic N) is 6. The lowest BCUT2D eigenvalue weighted by Gasteiger charge is -2.34. The molecule has 0 atom stereocenters. The summed E-state index contributed by atoms with van der Waals surface area (Å²) >= 11 is 0. The van der Waals surface area contributed by atoms with Crippen LogP contribution in [0.5, 0.6) is 0 Å². The summed E-state index contributed by atoms with van der Waals surface area (Å²) in [5.74, 6) is -0.0925. The number of likely N-dealkylation sites (N-methyl/N-ethyl adjacent to an activating group) is 1. The van der Waals surface area contributed by atoms with Crippen molar-refractivity contribution in [1.82, 2.24) is 35.0 Å². The topological polar surface area (TPSA) is 119 Å². The minimum Gasteiger partial charge on any atom is -0.367 e. The molecule has 6 aromatic rings. The van der Waals surface area contributed by atoms with E-state index in [9.17, 15) is 4.79 Å². The number of amides is 1. The first-order valence-corrected chi connectivity index (χ1v) is 13.6. The molecule has 1 amide bonds. The van der Waals surface area contributed by atoms with Gasteiger partial charge in [-0.1, -0.05) is 30.3 Å². The van der Waals surface area contributed by atoms with Gasteiger partial charge >= 0.3 is 0 Å². The third-order valence-corrected chi connectivity index (χ3v) is 7.61. The van der Waals surface area contributed by atoms with Crippen molar-refractivity contribution >= 4 is 39.2 Å². The predicted molar refractivity (Wildman–Crippen MR) is 161 cm³/mol. The molecule has 1 aliphatic rings. The largest absolute Gasteiger partial charge is 0.367 e. The van der Waals surface area contributed by atoms with E-state index in [1.165, 1.54) is 0 Å². The number of H-pyrrole nitrogens is 2. The molecule has 204 valence electrons. The lowest BCUT2D eigenvalue weighted by Crippen LogP contribution is -2.44. The molecule has 41 heavy (non-hydrogen) atoms. The quantitative estimate of drug-likeness (QED) is 0.283. The van der Waals surface area contributed by atoms with Crippen molar-refractivity contribution in [3.05, 3.63) is 85.1 Å². The second-order valence-electron chi connectivity index (χ2n) is 10.5. The zero-order chi connectivity index (χ0) is 27.8. The van der Waals surface area contributed by atoms with Gasteiger partial charge in [-0.2, -0.15) is 5.10 Å². The summed E-state index contributed by atoms with van der Waals surface area (Å²) in [6.07, 6.45) is 9.32. The number of hydrogen-bond acceptors (Lipinski definition) is 7. The Hall–Kier alpha value is -5.09. The Morgan fingerprint density at radius 3 is 2.56 bits per heavy atom. The number of aromatic amines is 2. The van der Waals surface area contributed by atoms with E-state index >= 15 is 0 Å². The van der Waals surface area contributed by atoms with E-state index < -0.39 is 0 Å². The number of aromatic nitrogens is 6. The highest BCUT2D eigenvalue weighted by molar-refractivity contribution is 6.00. The first kappa shape index (κ1) is 24.9. The van der Waals surface area contributed by atoms with Crippen molar-refractivity contribution in [2.75, 3.05) is 43.4 Å². The number of pyridine rings is 3. The Labute approximate surface area is 236 Å². The van der Waals surface area contributed by atoms with Crippen molar-refractivity contribution in [3.63, 3.8) is 0 Å². The summed E-state index contributed by atoms with van der Waals surface area (Å²) in [5.41, 5.74) is 7.84. The van der Waals surface area contributed by atoms with Gasteiger partial charge in [0, 0.05) is 60.5 Å². The highest BCUT2D eigenvalue weighted by Gasteiger charge is 2.19. The maximum Gasteiger partial charge on any atom is 0.228 e. The third kappa shape index (κ3) is 5.01. The molecule has 0 saturated carbocycles. The zero-order valence-corrected chi connectivity index (χ0v) is 22.6. The van der Waals surface area contributed by atoms with Gasteiger partial charge < -0.3 is 20.1 Å². The lowest BCUT2D eigenvalue weighted by atomic mass is 10.1. The highest BCUT2D eigenvalue weighted by Crippen LogP contribution is 2.34. The number of carbonyl (C=O) groups excluding carboxylic acids is 1. The number of hydrogen-bond donors (Lipinski definition) is 3. The van der Waals surface area contributed by atoms with Crippen LogP contribution < -0.4 is 10.2 Å². The summed E-state index contributed by atoms with van der Waals surface area (Å²) in [5, 5.41) is 12.6. The van der Waals surface area contributed by atoms with E-state index in [0.29, 0.717) is 17.8 Å². The van der Waals surface area contributed by atoms with Crippen LogP contribution in [0, 0.1) is 0 Å². The molecule has 7 rings (SSSR count). The molecule has 1 saturated heterocycles. The second kappa shape index (κ2) is 10.5. The van der Waals surface area contributed by atoms with Crippen LogP contribution in [0.1, 0.15) is 5.56 Å². The number of fused-ring (bicyclic) bond motifs is 2. The summed E-state index contributed by atoms with van der Waals surface area (Å²) in [4.78, 5) is 34.4. The monoisotopic (exact) mass is 543 g/mol. The molecule has 0 aliphatic carbocycles. The first-order valence-electron chi connectivity index (χ1n) is 13.6. The average molecular weight is 544 g/mol. The summed E-state index contributed by atoms with van der Waals surface area (Å²) in [6.45, 7) is 4.00. The Bertz CT molecular complexity index is 1850. The van der Waals surface area contributed by atoms with Crippen LogP contribution in [-0.4, -0.2) is 74.2 Å². The second-order valence-corrected chi connectivity index (χ2v) is 10.5. The molecule has 10 nitrogen and oxygen atoms in total. The van der Waals surface area contributed by atoms with Gasteiger partial charge in [0.25, 0.3) is 0 Å². The Kier molecular flexibility index (Phi) is 6.36. The van der Waals surface area contributed by atoms with Crippen LogP contribution in [0.25, 0.3) is 44.5 Å². The first-order chi connectivity index (χ1) is 20.1. The molecular weight excluding hydrogens is 514 g/mol. The van der Waals surface area contributed by atoms with E-state index in [1.54, 1.807) is 18.6 Å². The van der Waals surface area contributed by atoms with Crippen molar-refractivity contribution in [1.29, 1.82) is 0 Å². The Morgan fingerprint density at radius 1 is 0.902 bits per heavy atom. The number of rotatable bonds is 6. The minimum absolute atomic E-state index is 0.0925. The van der Waals surface area contributed by atoms with Crippen LogP contribution in [0.15, 0.2) is 79.5 Å². The molecule has 6 heterocycles. The molecule has 5 aromatic heterocycles. The molecule has 0 spiro atoms. The van der Waals surface area contributed by atoms with Crippen LogP contribution >= 0.6 is 0 Å². The molecule has 1 aromatic carbocycles. The van der Waals surface area contributed by atoms with Crippen molar-refractivity contribution in [3.8, 4) is 22.5 Å². The van der Waals surface area contributed by atoms with E-state index in [4.69, 9.17) is 0 Å². The number of benzene rings is 1. The molecule has 0 bridgehead atoms. The molecule has 0 unspecified atom stereocenters. The van der Waals surface area contributed by atoms with Crippen LogP contribution in [-0.2, 0) is 11.2 Å². The fourth-order valence-electron chi connectivity index (χ4n) is 5.39. The fraction of sp³-hybridized carbons (Fsp3) is 0.194. The van der Waals surface area contributed by atoms with Gasteiger partial charge in [-0.3, -0.25) is 19.9 Å². The minimum atomic E-state index is -0.0925. The molecular formula is C31H29N9O. The van der Waals surface area contributed by atoms with E-state index in [1.807, 2.05) is 48.8 Å². The van der Waals surface area contributed by atoms with Crippen LogP contribution in [0.3, 0.4) is 0 Å². The molecule has 3 N–H and O–H groups in total. The maximum absolute atomic E-state index is 12.6. The lowest BCUT2D eigenvalue weighted by molar-refractivity contribution is -0.115. The predicted octanol–water partition coefficient (Wildman–Crippen LogP) is 4.50. The van der Waals surface area contributed by atoms with E-state index in [-0.39, 0.29) is 5.91 Å². The van der Waals surface area contributed by atoms with E-state index in [0.717, 1.165) is 76.2 Å². The van der Waals surface area contributed by atoms with Crippen LogP contribution in [0.4, 0.5) is 11.4 Å². The highest BCUT2D eigenvalue weighted by atomic mass is 16.1. The van der Waals surface area contributed by atoms with Gasteiger partial charge in [0.05, 0.1) is 53.3 Å². The molecule has 1 aliphatic heterocycles. The smallest absolute Gasteiger partial charge is 0.228 e. The van der Waals surface area contributed by atoms with Crippen molar-refractivity contribution in [2.45, 2.75) is 6.42 Å². The van der Waals surface area contributed by atoms with Gasteiger partial charge in [-0.15, -0.1) is 0 Å². The Morgan fingerprint density at radius 2 is 1.71 bits per heavy atom. The standard InChI is InChI=1S/C31H29N9O/c1-39-7-9-40(10-8-39)28-19-33-18-27-24(28)14-26(36-27)30-25-13-22(16-34-31(25)38-37-30)21-12-23(17-32-15-21)35-29(41)11-20-5-3-2-4-6-20/h2-6,12-19,36H,7-11H2,1H3,(H,35,41)(H,34,37,38). The summed E-state index contributed by atoms with van der Waals surface area (Å²) < 4.78 is 0. The number of nitrogens with one attached hydrogen (secondary N) is 3. The number of piperazine rings is 1. The van der Waals surface area contributed by atoms with Crippen molar-refractivity contribution < 1.29 is 4.79 Å². The van der Waals surface area contributed by atoms with Crippen molar-refractivity contribution in [2.24, 2.45) is 0 Å².